The lowest BCUT2D eigenvalue weighted by Gasteiger charge is -2.53. The number of nitrogens with zero attached hydrogens (tertiary/aromatic N) is 2. The first-order chi connectivity index (χ1) is 14.6. The van der Waals surface area contributed by atoms with Gasteiger partial charge in [0.2, 0.25) is 0 Å². The van der Waals surface area contributed by atoms with Crippen molar-refractivity contribution >= 4 is 0 Å². The van der Waals surface area contributed by atoms with E-state index in [0.717, 1.165) is 49.5 Å². The molecule has 5 rings (SSSR count). The lowest BCUT2D eigenvalue weighted by molar-refractivity contribution is -0.151. The van der Waals surface area contributed by atoms with Crippen LogP contribution in [-0.2, 0) is 25.0 Å². The summed E-state index contributed by atoms with van der Waals surface area (Å²) >= 11 is 0. The van der Waals surface area contributed by atoms with Gasteiger partial charge in [0.1, 0.15) is 11.4 Å². The third kappa shape index (κ3) is 3.34. The van der Waals surface area contributed by atoms with Crippen molar-refractivity contribution in [2.24, 2.45) is 11.8 Å². The van der Waals surface area contributed by atoms with E-state index < -0.39 is 5.60 Å². The molecule has 3 aliphatic rings. The van der Waals surface area contributed by atoms with Crippen LogP contribution in [0.3, 0.4) is 0 Å². The van der Waals surface area contributed by atoms with E-state index in [1.807, 2.05) is 12.3 Å². The number of aliphatic hydroxyl groups is 1. The van der Waals surface area contributed by atoms with Gasteiger partial charge in [0.15, 0.2) is 0 Å². The highest BCUT2D eigenvalue weighted by Gasteiger charge is 2.52. The predicted molar refractivity (Wildman–Crippen MR) is 119 cm³/mol. The molecular formula is C26H34N2O2. The van der Waals surface area contributed by atoms with Crippen molar-refractivity contribution in [3.63, 3.8) is 0 Å². The molecule has 4 nitrogen and oxygen atoms in total. The van der Waals surface area contributed by atoms with E-state index in [9.17, 15) is 5.11 Å². The Kier molecular flexibility index (Phi) is 5.32. The summed E-state index contributed by atoms with van der Waals surface area (Å²) in [5.74, 6) is 1.54. The minimum atomic E-state index is -0.791. The average Bonchev–Trinajstić information content (AvgIpc) is 3.17. The second-order valence-electron chi connectivity index (χ2n) is 9.53. The maximum Gasteiger partial charge on any atom is 0.124 e. The Morgan fingerprint density at radius 3 is 2.57 bits per heavy atom. The molecule has 2 bridgehead atoms. The molecule has 2 fully saturated rings. The molecule has 1 N–H and O–H groups in total. The Morgan fingerprint density at radius 1 is 1.13 bits per heavy atom. The van der Waals surface area contributed by atoms with Gasteiger partial charge in [-0.2, -0.15) is 0 Å². The molecule has 3 atom stereocenters. The second-order valence-corrected chi connectivity index (χ2v) is 9.53. The lowest BCUT2D eigenvalue weighted by Crippen LogP contribution is -2.58. The molecule has 0 radical (unpaired) electrons. The molecule has 1 aromatic heterocycles. The number of hydrogen-bond donors (Lipinski definition) is 1. The molecule has 1 unspecified atom stereocenters. The fourth-order valence-electron chi connectivity index (χ4n) is 6.27. The summed E-state index contributed by atoms with van der Waals surface area (Å²) in [5, 5.41) is 11.9. The summed E-state index contributed by atoms with van der Waals surface area (Å²) in [5.41, 5.74) is 5.52. The third-order valence-electron chi connectivity index (χ3n) is 7.66. The monoisotopic (exact) mass is 406 g/mol. The summed E-state index contributed by atoms with van der Waals surface area (Å²) in [7, 11) is 0. The van der Waals surface area contributed by atoms with Crippen LogP contribution < -0.4 is 4.74 Å². The zero-order chi connectivity index (χ0) is 20.7. The SMILES string of the molecule is CCOc1cc2c(cc1CN1C[C@H]3CCC[C@@H](C1)C3(O)c1ncccc1C)CCC2. The zero-order valence-corrected chi connectivity index (χ0v) is 18.4. The van der Waals surface area contributed by atoms with Crippen LogP contribution in [0.25, 0.3) is 0 Å². The fourth-order valence-corrected chi connectivity index (χ4v) is 6.27. The Morgan fingerprint density at radius 2 is 1.87 bits per heavy atom. The predicted octanol–water partition coefficient (Wildman–Crippen LogP) is 4.40. The smallest absolute Gasteiger partial charge is 0.124 e. The molecule has 1 aromatic carbocycles. The van der Waals surface area contributed by atoms with Crippen LogP contribution in [0.1, 0.15) is 60.6 Å². The molecule has 0 amide bonds. The van der Waals surface area contributed by atoms with E-state index in [1.165, 1.54) is 42.4 Å². The van der Waals surface area contributed by atoms with Gasteiger partial charge in [-0.25, -0.2) is 0 Å². The van der Waals surface area contributed by atoms with Gasteiger partial charge in [0.05, 0.1) is 12.3 Å². The summed E-state index contributed by atoms with van der Waals surface area (Å²) < 4.78 is 6.04. The van der Waals surface area contributed by atoms with Gasteiger partial charge in [-0.1, -0.05) is 18.6 Å². The highest BCUT2D eigenvalue weighted by molar-refractivity contribution is 5.45. The molecule has 2 aliphatic carbocycles. The summed E-state index contributed by atoms with van der Waals surface area (Å²) in [4.78, 5) is 7.21. The van der Waals surface area contributed by atoms with Gasteiger partial charge in [-0.3, -0.25) is 9.88 Å². The Balaban J connectivity index is 1.41. The normalized spacial score (nSPS) is 28.4. The van der Waals surface area contributed by atoms with Crippen molar-refractivity contribution in [2.45, 2.75) is 64.5 Å². The van der Waals surface area contributed by atoms with Crippen molar-refractivity contribution in [1.29, 1.82) is 0 Å². The van der Waals surface area contributed by atoms with Gasteiger partial charge < -0.3 is 9.84 Å². The maximum atomic E-state index is 11.9. The molecule has 160 valence electrons. The lowest BCUT2D eigenvalue weighted by atomic mass is 9.63. The standard InChI is InChI=1S/C26H34N2O2/c1-3-30-24-14-20-9-4-8-19(20)13-21(24)15-28-16-22-10-5-11-23(17-28)26(22,29)25-18(2)7-6-12-27-25/h6-7,12-14,22-23,29H,3-5,8-11,15-17H2,1-2H3/t22-,23+,26?. The van der Waals surface area contributed by atoms with Crippen LogP contribution in [0.5, 0.6) is 5.75 Å². The first-order valence-electron chi connectivity index (χ1n) is 11.7. The van der Waals surface area contributed by atoms with Crippen molar-refractivity contribution < 1.29 is 9.84 Å². The fraction of sp³-hybridized carbons (Fsp3) is 0.577. The maximum absolute atomic E-state index is 11.9. The van der Waals surface area contributed by atoms with E-state index >= 15 is 0 Å². The average molecular weight is 407 g/mol. The quantitative estimate of drug-likeness (QED) is 0.800. The number of rotatable bonds is 5. The van der Waals surface area contributed by atoms with Crippen molar-refractivity contribution in [3.8, 4) is 5.75 Å². The summed E-state index contributed by atoms with van der Waals surface area (Å²) in [6.07, 6.45) is 8.82. The number of hydrogen-bond acceptors (Lipinski definition) is 4. The molecule has 1 aliphatic heterocycles. The molecule has 2 heterocycles. The van der Waals surface area contributed by atoms with Gasteiger partial charge in [-0.05, 0) is 74.8 Å². The number of aryl methyl sites for hydroxylation is 3. The molecule has 4 heteroatoms. The van der Waals surface area contributed by atoms with Gasteiger partial charge in [0, 0.05) is 43.2 Å². The first-order valence-corrected chi connectivity index (χ1v) is 11.7. The highest BCUT2D eigenvalue weighted by atomic mass is 16.5. The number of benzene rings is 1. The molecule has 30 heavy (non-hydrogen) atoms. The molecule has 2 aromatic rings. The Hall–Kier alpha value is -1.91. The van der Waals surface area contributed by atoms with Crippen molar-refractivity contribution in [1.82, 2.24) is 9.88 Å². The Labute approximate surface area is 180 Å². The van der Waals surface area contributed by atoms with Crippen molar-refractivity contribution in [3.05, 3.63) is 58.4 Å². The zero-order valence-electron chi connectivity index (χ0n) is 18.4. The summed E-state index contributed by atoms with van der Waals surface area (Å²) in [6, 6.07) is 8.74. The van der Waals surface area contributed by atoms with Crippen LogP contribution in [0.4, 0.5) is 0 Å². The van der Waals surface area contributed by atoms with Crippen LogP contribution in [0.15, 0.2) is 30.5 Å². The molecule has 1 saturated heterocycles. The first kappa shape index (κ1) is 20.0. The van der Waals surface area contributed by atoms with E-state index in [0.29, 0.717) is 6.61 Å². The molecule has 1 saturated carbocycles. The largest absolute Gasteiger partial charge is 0.494 e. The number of likely N-dealkylation sites (tertiary alicyclic amines) is 1. The minimum absolute atomic E-state index is 0.239. The minimum Gasteiger partial charge on any atom is -0.494 e. The number of fused-ring (bicyclic) bond motifs is 3. The third-order valence-corrected chi connectivity index (χ3v) is 7.66. The van der Waals surface area contributed by atoms with Gasteiger partial charge in [0.25, 0.3) is 0 Å². The van der Waals surface area contributed by atoms with E-state index in [1.54, 1.807) is 0 Å². The highest BCUT2D eigenvalue weighted by Crippen LogP contribution is 2.49. The number of aromatic nitrogens is 1. The molecular weight excluding hydrogens is 372 g/mol. The number of ether oxygens (including phenoxy) is 1. The number of pyridine rings is 1. The van der Waals surface area contributed by atoms with E-state index in [4.69, 9.17) is 4.74 Å². The molecule has 0 spiro atoms. The summed E-state index contributed by atoms with van der Waals surface area (Å²) in [6.45, 7) is 7.61. The van der Waals surface area contributed by atoms with Crippen LogP contribution in [0.2, 0.25) is 0 Å². The van der Waals surface area contributed by atoms with Gasteiger partial charge in [-0.15, -0.1) is 0 Å². The number of piperidine rings is 1. The van der Waals surface area contributed by atoms with Gasteiger partial charge >= 0.3 is 0 Å². The Bertz CT molecular complexity index is 911. The topological polar surface area (TPSA) is 45.6 Å². The van der Waals surface area contributed by atoms with E-state index in [-0.39, 0.29) is 11.8 Å². The second kappa shape index (κ2) is 7.97. The van der Waals surface area contributed by atoms with Crippen LogP contribution in [0, 0.1) is 18.8 Å². The van der Waals surface area contributed by atoms with E-state index in [2.05, 4.69) is 41.9 Å². The van der Waals surface area contributed by atoms with Crippen LogP contribution in [-0.4, -0.2) is 34.7 Å². The van der Waals surface area contributed by atoms with Crippen molar-refractivity contribution in [2.75, 3.05) is 19.7 Å². The van der Waals surface area contributed by atoms with Crippen LogP contribution >= 0.6 is 0 Å².